The van der Waals surface area contributed by atoms with Gasteiger partial charge < -0.3 is 14.6 Å². The number of rotatable bonds is 8. The molecule has 1 aromatic carbocycles. The number of hydrogen-bond donors (Lipinski definition) is 1. The number of thioether (sulfide) groups is 1. The van der Waals surface area contributed by atoms with Gasteiger partial charge in [-0.3, -0.25) is 0 Å². The smallest absolute Gasteiger partial charge is 0.209 e. The van der Waals surface area contributed by atoms with Gasteiger partial charge in [0.15, 0.2) is 0 Å². The summed E-state index contributed by atoms with van der Waals surface area (Å²) in [5, 5.41) is 23.1. The minimum Gasteiger partial charge on any atom is -0.491 e. The van der Waals surface area contributed by atoms with Gasteiger partial charge in [-0.15, -0.1) is 5.10 Å². The second kappa shape index (κ2) is 8.66. The van der Waals surface area contributed by atoms with Gasteiger partial charge in [-0.1, -0.05) is 23.4 Å². The van der Waals surface area contributed by atoms with Crippen LogP contribution >= 0.6 is 23.4 Å². The van der Waals surface area contributed by atoms with Gasteiger partial charge in [0.1, 0.15) is 12.4 Å². The number of tetrazole rings is 1. The summed E-state index contributed by atoms with van der Waals surface area (Å²) in [6, 6.07) is 7.03. The highest BCUT2D eigenvalue weighted by Gasteiger charge is 2.19. The third-order valence-corrected chi connectivity index (χ3v) is 4.91. The monoisotopic (exact) mass is 370 g/mol. The van der Waals surface area contributed by atoms with Crippen LogP contribution in [-0.2, 0) is 11.3 Å². The molecule has 0 amide bonds. The normalized spacial score (nSPS) is 18.7. The van der Waals surface area contributed by atoms with Crippen molar-refractivity contribution in [2.75, 3.05) is 19.0 Å². The number of hydrogen-bond acceptors (Lipinski definition) is 7. The fourth-order valence-electron chi connectivity index (χ4n) is 2.34. The van der Waals surface area contributed by atoms with Crippen LogP contribution in [0.3, 0.4) is 0 Å². The van der Waals surface area contributed by atoms with Crippen LogP contribution in [0.1, 0.15) is 12.8 Å². The Labute approximate surface area is 149 Å². The van der Waals surface area contributed by atoms with Gasteiger partial charge >= 0.3 is 0 Å². The molecule has 130 valence electrons. The van der Waals surface area contributed by atoms with Crippen molar-refractivity contribution >= 4 is 23.4 Å². The molecule has 1 saturated heterocycles. The standard InChI is InChI=1S/C15H19ClN4O3S/c16-11-3-5-13(6-4-11)23-9-12(21)10-24-15-17-18-19-20(15)8-14-2-1-7-22-14/h3-6,12,14,21H,1-2,7-10H2/t12-,14+/m0/s1. The lowest BCUT2D eigenvalue weighted by Gasteiger charge is -2.13. The molecule has 7 nitrogen and oxygen atoms in total. The zero-order chi connectivity index (χ0) is 16.8. The summed E-state index contributed by atoms with van der Waals surface area (Å²) < 4.78 is 12.9. The molecule has 3 rings (SSSR count). The molecule has 0 aliphatic carbocycles. The van der Waals surface area contributed by atoms with Crippen molar-refractivity contribution in [3.63, 3.8) is 0 Å². The molecule has 0 saturated carbocycles. The maximum atomic E-state index is 10.1. The van der Waals surface area contributed by atoms with Crippen molar-refractivity contribution in [3.05, 3.63) is 29.3 Å². The highest BCUT2D eigenvalue weighted by molar-refractivity contribution is 7.99. The van der Waals surface area contributed by atoms with E-state index in [-0.39, 0.29) is 12.7 Å². The van der Waals surface area contributed by atoms with Crippen molar-refractivity contribution < 1.29 is 14.6 Å². The molecule has 1 fully saturated rings. The van der Waals surface area contributed by atoms with Gasteiger partial charge in [0.25, 0.3) is 0 Å². The number of aliphatic hydroxyl groups is 1. The first-order chi connectivity index (χ1) is 11.7. The van der Waals surface area contributed by atoms with Crippen molar-refractivity contribution in [3.8, 4) is 5.75 Å². The summed E-state index contributed by atoms with van der Waals surface area (Å²) in [4.78, 5) is 0. The molecule has 2 heterocycles. The molecule has 1 aliphatic rings. The van der Waals surface area contributed by atoms with E-state index < -0.39 is 6.10 Å². The summed E-state index contributed by atoms with van der Waals surface area (Å²) in [7, 11) is 0. The molecule has 24 heavy (non-hydrogen) atoms. The quantitative estimate of drug-likeness (QED) is 0.712. The lowest BCUT2D eigenvalue weighted by molar-refractivity contribution is 0.0911. The maximum Gasteiger partial charge on any atom is 0.209 e. The van der Waals surface area contributed by atoms with Crippen LogP contribution in [0.5, 0.6) is 5.75 Å². The van der Waals surface area contributed by atoms with Gasteiger partial charge in [-0.2, -0.15) is 0 Å². The molecular weight excluding hydrogens is 352 g/mol. The van der Waals surface area contributed by atoms with Crippen molar-refractivity contribution in [1.29, 1.82) is 0 Å². The third kappa shape index (κ3) is 5.07. The average molecular weight is 371 g/mol. The lowest BCUT2D eigenvalue weighted by Crippen LogP contribution is -2.21. The van der Waals surface area contributed by atoms with Crippen LogP contribution in [0, 0.1) is 0 Å². The molecule has 9 heteroatoms. The number of nitrogens with zero attached hydrogens (tertiary/aromatic N) is 4. The summed E-state index contributed by atoms with van der Waals surface area (Å²) >= 11 is 7.22. The maximum absolute atomic E-state index is 10.1. The number of halogens is 1. The van der Waals surface area contributed by atoms with E-state index in [4.69, 9.17) is 21.1 Å². The van der Waals surface area contributed by atoms with E-state index in [2.05, 4.69) is 15.5 Å². The number of aromatic nitrogens is 4. The molecule has 0 bridgehead atoms. The Morgan fingerprint density at radius 2 is 2.25 bits per heavy atom. The molecule has 2 aromatic rings. The molecule has 1 aliphatic heterocycles. The second-order valence-corrected chi connectivity index (χ2v) is 6.93. The Balaban J connectivity index is 1.43. The van der Waals surface area contributed by atoms with E-state index >= 15 is 0 Å². The summed E-state index contributed by atoms with van der Waals surface area (Å²) in [5.41, 5.74) is 0. The molecule has 2 atom stereocenters. The third-order valence-electron chi connectivity index (χ3n) is 3.56. The molecule has 0 unspecified atom stereocenters. The van der Waals surface area contributed by atoms with Crippen LogP contribution in [0.4, 0.5) is 0 Å². The first-order valence-corrected chi connectivity index (χ1v) is 9.14. The first-order valence-electron chi connectivity index (χ1n) is 7.77. The van der Waals surface area contributed by atoms with Crippen LogP contribution in [0.25, 0.3) is 0 Å². The van der Waals surface area contributed by atoms with E-state index in [1.54, 1.807) is 28.9 Å². The van der Waals surface area contributed by atoms with E-state index in [0.717, 1.165) is 19.4 Å². The van der Waals surface area contributed by atoms with Gasteiger partial charge in [0.2, 0.25) is 5.16 Å². The predicted octanol–water partition coefficient (Wildman–Crippen LogP) is 2.04. The zero-order valence-corrected chi connectivity index (χ0v) is 14.6. The lowest BCUT2D eigenvalue weighted by atomic mass is 10.2. The van der Waals surface area contributed by atoms with E-state index in [9.17, 15) is 5.11 Å². The average Bonchev–Trinajstić information content (AvgIpc) is 3.25. The minimum atomic E-state index is -0.626. The highest BCUT2D eigenvalue weighted by atomic mass is 35.5. The molecule has 1 aromatic heterocycles. The molecule has 0 spiro atoms. The molecule has 0 radical (unpaired) electrons. The van der Waals surface area contributed by atoms with Crippen LogP contribution in [-0.4, -0.2) is 56.5 Å². The second-order valence-electron chi connectivity index (χ2n) is 5.51. The first kappa shape index (κ1) is 17.5. The zero-order valence-electron chi connectivity index (χ0n) is 13.0. The Morgan fingerprint density at radius 1 is 1.42 bits per heavy atom. The molecule has 1 N–H and O–H groups in total. The van der Waals surface area contributed by atoms with Crippen molar-refractivity contribution in [1.82, 2.24) is 20.2 Å². The van der Waals surface area contributed by atoms with E-state index in [1.807, 2.05) is 0 Å². The minimum absolute atomic E-state index is 0.172. The van der Waals surface area contributed by atoms with Crippen molar-refractivity contribution in [2.24, 2.45) is 0 Å². The fraction of sp³-hybridized carbons (Fsp3) is 0.533. The number of ether oxygens (including phenoxy) is 2. The Kier molecular flexibility index (Phi) is 6.30. The largest absolute Gasteiger partial charge is 0.491 e. The van der Waals surface area contributed by atoms with Gasteiger partial charge in [0, 0.05) is 17.4 Å². The van der Waals surface area contributed by atoms with Gasteiger partial charge in [-0.05, 0) is 47.5 Å². The summed E-state index contributed by atoms with van der Waals surface area (Å²) in [6.07, 6.45) is 1.65. The topological polar surface area (TPSA) is 82.3 Å². The summed E-state index contributed by atoms with van der Waals surface area (Å²) in [6.45, 7) is 1.64. The van der Waals surface area contributed by atoms with Crippen LogP contribution < -0.4 is 4.74 Å². The Bertz CT molecular complexity index is 634. The van der Waals surface area contributed by atoms with E-state index in [1.165, 1.54) is 11.8 Å². The summed E-state index contributed by atoms with van der Waals surface area (Å²) in [5.74, 6) is 1.12. The highest BCUT2D eigenvalue weighted by Crippen LogP contribution is 2.20. The Hall–Kier alpha value is -1.35. The fourth-order valence-corrected chi connectivity index (χ4v) is 3.26. The van der Waals surface area contributed by atoms with Gasteiger partial charge in [-0.25, -0.2) is 4.68 Å². The number of aliphatic hydroxyl groups excluding tert-OH is 1. The van der Waals surface area contributed by atoms with Crippen LogP contribution in [0.15, 0.2) is 29.4 Å². The predicted molar refractivity (Wildman–Crippen MR) is 90.5 cm³/mol. The molecular formula is C15H19ClN4O3S. The van der Waals surface area contributed by atoms with Crippen LogP contribution in [0.2, 0.25) is 5.02 Å². The SMILES string of the molecule is O[C@@H](COc1ccc(Cl)cc1)CSc1nnnn1C[C@H]1CCCO1. The van der Waals surface area contributed by atoms with Gasteiger partial charge in [0.05, 0.1) is 18.8 Å². The van der Waals surface area contributed by atoms with E-state index in [0.29, 0.717) is 28.2 Å². The number of benzene rings is 1. The van der Waals surface area contributed by atoms with Crippen molar-refractivity contribution in [2.45, 2.75) is 36.8 Å². The Morgan fingerprint density at radius 3 is 3.00 bits per heavy atom.